The molecule has 0 saturated carbocycles. The zero-order chi connectivity index (χ0) is 21.6. The Kier molecular flexibility index (Phi) is 7.82. The number of benzene rings is 2. The Morgan fingerprint density at radius 2 is 1.70 bits per heavy atom. The third kappa shape index (κ3) is 5.78. The summed E-state index contributed by atoms with van der Waals surface area (Å²) in [5.74, 6) is 1.14. The lowest BCUT2D eigenvalue weighted by molar-refractivity contribution is 0.255. The zero-order valence-corrected chi connectivity index (χ0v) is 18.9. The lowest BCUT2D eigenvalue weighted by Crippen LogP contribution is -2.47. The van der Waals surface area contributed by atoms with Crippen molar-refractivity contribution in [2.75, 3.05) is 58.4 Å². The van der Waals surface area contributed by atoms with Crippen LogP contribution >= 0.6 is 11.6 Å². The Labute approximate surface area is 183 Å². The average molecular weight is 454 g/mol. The van der Waals surface area contributed by atoms with Crippen LogP contribution in [0.25, 0.3) is 0 Å². The van der Waals surface area contributed by atoms with Crippen molar-refractivity contribution in [1.82, 2.24) is 9.62 Å². The van der Waals surface area contributed by atoms with Crippen LogP contribution in [0.5, 0.6) is 11.5 Å². The fourth-order valence-electron chi connectivity index (χ4n) is 3.47. The highest BCUT2D eigenvalue weighted by Gasteiger charge is 2.20. The molecule has 0 bridgehead atoms. The summed E-state index contributed by atoms with van der Waals surface area (Å²) < 4.78 is 38.2. The predicted molar refractivity (Wildman–Crippen MR) is 119 cm³/mol. The van der Waals surface area contributed by atoms with Crippen LogP contribution in [0.3, 0.4) is 0 Å². The van der Waals surface area contributed by atoms with Gasteiger partial charge in [-0.05, 0) is 55.4 Å². The van der Waals surface area contributed by atoms with Gasteiger partial charge in [0.05, 0.1) is 14.2 Å². The van der Waals surface area contributed by atoms with E-state index in [1.165, 1.54) is 18.9 Å². The Morgan fingerprint density at radius 3 is 2.33 bits per heavy atom. The SMILES string of the molecule is COc1ccc(N2CCN(CCCNS(=O)(=O)c3cc(Cl)ccc3OC)CC2)cc1. The van der Waals surface area contributed by atoms with Gasteiger partial charge < -0.3 is 14.4 Å². The first-order valence-corrected chi connectivity index (χ1v) is 11.7. The van der Waals surface area contributed by atoms with Gasteiger partial charge in [0, 0.05) is 43.4 Å². The molecule has 0 aromatic heterocycles. The van der Waals surface area contributed by atoms with Crippen LogP contribution in [0.15, 0.2) is 47.4 Å². The number of nitrogens with one attached hydrogen (secondary N) is 1. The molecule has 3 rings (SSSR count). The van der Waals surface area contributed by atoms with E-state index in [1.807, 2.05) is 12.1 Å². The van der Waals surface area contributed by atoms with Crippen molar-refractivity contribution in [3.05, 3.63) is 47.5 Å². The van der Waals surface area contributed by atoms with Crippen molar-refractivity contribution in [3.63, 3.8) is 0 Å². The van der Waals surface area contributed by atoms with Gasteiger partial charge in [-0.1, -0.05) is 11.6 Å². The van der Waals surface area contributed by atoms with Gasteiger partial charge in [0.2, 0.25) is 10.0 Å². The Morgan fingerprint density at radius 1 is 1.00 bits per heavy atom. The number of piperazine rings is 1. The molecule has 1 heterocycles. The normalized spacial score (nSPS) is 15.2. The fraction of sp³-hybridized carbons (Fsp3) is 0.429. The van der Waals surface area contributed by atoms with Gasteiger partial charge in [0.15, 0.2) is 0 Å². The molecule has 1 saturated heterocycles. The number of hydrogen-bond acceptors (Lipinski definition) is 6. The summed E-state index contributed by atoms with van der Waals surface area (Å²) >= 11 is 5.95. The van der Waals surface area contributed by atoms with Crippen molar-refractivity contribution >= 4 is 27.3 Å². The minimum atomic E-state index is -3.68. The molecule has 0 spiro atoms. The highest BCUT2D eigenvalue weighted by atomic mass is 35.5. The van der Waals surface area contributed by atoms with Crippen LogP contribution in [0.1, 0.15) is 6.42 Å². The molecule has 0 unspecified atom stereocenters. The smallest absolute Gasteiger partial charge is 0.244 e. The molecule has 30 heavy (non-hydrogen) atoms. The first-order valence-electron chi connectivity index (χ1n) is 9.87. The van der Waals surface area contributed by atoms with E-state index in [0.717, 1.165) is 44.9 Å². The minimum absolute atomic E-state index is 0.0607. The largest absolute Gasteiger partial charge is 0.497 e. The lowest BCUT2D eigenvalue weighted by Gasteiger charge is -2.36. The van der Waals surface area contributed by atoms with E-state index in [9.17, 15) is 8.42 Å². The quantitative estimate of drug-likeness (QED) is 0.589. The van der Waals surface area contributed by atoms with Gasteiger partial charge in [-0.25, -0.2) is 13.1 Å². The van der Waals surface area contributed by atoms with Crippen molar-refractivity contribution < 1.29 is 17.9 Å². The van der Waals surface area contributed by atoms with E-state index in [2.05, 4.69) is 26.7 Å². The molecule has 164 valence electrons. The molecular formula is C21H28ClN3O4S. The second kappa shape index (κ2) is 10.3. The fourth-order valence-corrected chi connectivity index (χ4v) is 4.97. The van der Waals surface area contributed by atoms with Gasteiger partial charge in [-0.3, -0.25) is 4.90 Å². The molecule has 0 atom stereocenters. The van der Waals surface area contributed by atoms with Crippen LogP contribution < -0.4 is 19.1 Å². The molecule has 1 aliphatic heterocycles. The molecule has 2 aromatic rings. The third-order valence-corrected chi connectivity index (χ3v) is 6.89. The van der Waals surface area contributed by atoms with Gasteiger partial charge in [0.25, 0.3) is 0 Å². The summed E-state index contributed by atoms with van der Waals surface area (Å²) in [7, 11) is -0.571. The number of nitrogens with zero attached hydrogens (tertiary/aromatic N) is 2. The minimum Gasteiger partial charge on any atom is -0.497 e. The topological polar surface area (TPSA) is 71.1 Å². The Bertz CT molecular complexity index is 930. The van der Waals surface area contributed by atoms with Crippen molar-refractivity contribution in [2.45, 2.75) is 11.3 Å². The van der Waals surface area contributed by atoms with Crippen LogP contribution in [0, 0.1) is 0 Å². The second-order valence-electron chi connectivity index (χ2n) is 7.07. The number of sulfonamides is 1. The predicted octanol–water partition coefficient (Wildman–Crippen LogP) is 2.85. The van der Waals surface area contributed by atoms with Gasteiger partial charge in [0.1, 0.15) is 16.4 Å². The van der Waals surface area contributed by atoms with Crippen molar-refractivity contribution in [3.8, 4) is 11.5 Å². The summed E-state index contributed by atoms with van der Waals surface area (Å²) in [6.45, 7) is 4.97. The molecule has 9 heteroatoms. The lowest BCUT2D eigenvalue weighted by atomic mass is 10.2. The van der Waals surface area contributed by atoms with E-state index in [-0.39, 0.29) is 10.6 Å². The molecule has 1 N–H and O–H groups in total. The summed E-state index contributed by atoms with van der Waals surface area (Å²) in [4.78, 5) is 4.77. The maximum atomic E-state index is 12.6. The molecule has 2 aromatic carbocycles. The van der Waals surface area contributed by atoms with Gasteiger partial charge >= 0.3 is 0 Å². The average Bonchev–Trinajstić information content (AvgIpc) is 2.77. The molecular weight excluding hydrogens is 426 g/mol. The molecule has 1 fully saturated rings. The number of halogens is 1. The van der Waals surface area contributed by atoms with E-state index in [1.54, 1.807) is 19.2 Å². The zero-order valence-electron chi connectivity index (χ0n) is 17.3. The summed E-state index contributed by atoms with van der Waals surface area (Å²) in [6.07, 6.45) is 0.727. The molecule has 0 amide bonds. The number of rotatable bonds is 9. The maximum Gasteiger partial charge on any atom is 0.244 e. The van der Waals surface area contributed by atoms with E-state index >= 15 is 0 Å². The number of hydrogen-bond donors (Lipinski definition) is 1. The number of ether oxygens (including phenoxy) is 2. The van der Waals surface area contributed by atoms with E-state index in [4.69, 9.17) is 21.1 Å². The highest BCUT2D eigenvalue weighted by molar-refractivity contribution is 7.89. The van der Waals surface area contributed by atoms with Gasteiger partial charge in [-0.2, -0.15) is 0 Å². The summed E-state index contributed by atoms with van der Waals surface area (Å²) in [5, 5.41) is 0.353. The highest BCUT2D eigenvalue weighted by Crippen LogP contribution is 2.26. The maximum absolute atomic E-state index is 12.6. The first kappa shape index (κ1) is 22.7. The van der Waals surface area contributed by atoms with Crippen LogP contribution in [0.2, 0.25) is 5.02 Å². The first-order chi connectivity index (χ1) is 14.4. The summed E-state index contributed by atoms with van der Waals surface area (Å²) in [5.41, 5.74) is 1.19. The van der Waals surface area contributed by atoms with Gasteiger partial charge in [-0.15, -0.1) is 0 Å². The van der Waals surface area contributed by atoms with Crippen molar-refractivity contribution in [1.29, 1.82) is 0 Å². The Balaban J connectivity index is 1.43. The van der Waals surface area contributed by atoms with Crippen LogP contribution in [-0.4, -0.2) is 66.8 Å². The van der Waals surface area contributed by atoms with E-state index < -0.39 is 10.0 Å². The summed E-state index contributed by atoms with van der Waals surface area (Å²) in [6, 6.07) is 12.7. The number of anilines is 1. The van der Waals surface area contributed by atoms with E-state index in [0.29, 0.717) is 11.6 Å². The number of methoxy groups -OCH3 is 2. The molecule has 7 nitrogen and oxygen atoms in total. The molecule has 0 aliphatic carbocycles. The van der Waals surface area contributed by atoms with Crippen molar-refractivity contribution in [2.24, 2.45) is 0 Å². The monoisotopic (exact) mass is 453 g/mol. The molecule has 1 aliphatic rings. The third-order valence-electron chi connectivity index (χ3n) is 5.17. The molecule has 0 radical (unpaired) electrons. The van der Waals surface area contributed by atoms with Crippen LogP contribution in [0.4, 0.5) is 5.69 Å². The Hall–Kier alpha value is -2.00. The van der Waals surface area contributed by atoms with Crippen LogP contribution in [-0.2, 0) is 10.0 Å². The second-order valence-corrected chi connectivity index (χ2v) is 9.25. The standard InChI is InChI=1S/C21H28ClN3O4S/c1-28-19-7-5-18(6-8-19)25-14-12-24(13-15-25)11-3-10-23-30(26,27)21-16-17(22)4-9-20(21)29-2/h4-9,16,23H,3,10-15H2,1-2H3.